The molecule has 0 heterocycles. The van der Waals surface area contributed by atoms with E-state index in [0.717, 1.165) is 4.90 Å². The van der Waals surface area contributed by atoms with E-state index >= 15 is 0 Å². The maximum Gasteiger partial charge on any atom is 0.408 e. The molecular weight excluding hydrogens is 242 g/mol. The van der Waals surface area contributed by atoms with Gasteiger partial charge in [0.25, 0.3) is 0 Å². The van der Waals surface area contributed by atoms with Crippen molar-refractivity contribution in [2.24, 2.45) is 0 Å². The average molecular weight is 252 g/mol. The molecule has 0 aliphatic heterocycles. The van der Waals surface area contributed by atoms with Crippen molar-refractivity contribution >= 4 is 23.5 Å². The highest BCUT2D eigenvalue weighted by molar-refractivity contribution is 6.30. The van der Waals surface area contributed by atoms with Gasteiger partial charge in [0, 0.05) is 10.6 Å². The molecule has 1 aromatic carbocycles. The molecule has 0 bridgehead atoms. The topological polar surface area (TPSA) is 57.6 Å². The third kappa shape index (κ3) is 3.82. The fourth-order valence-corrected chi connectivity index (χ4v) is 1.33. The molecule has 0 aliphatic carbocycles. The van der Waals surface area contributed by atoms with E-state index in [1.165, 1.54) is 0 Å². The Morgan fingerprint density at radius 3 is 2.41 bits per heavy atom. The number of carbonyl (C=O) groups is 2. The molecule has 1 N–H and O–H groups in total. The van der Waals surface area contributed by atoms with E-state index in [9.17, 15) is 9.59 Å². The highest BCUT2D eigenvalue weighted by Gasteiger charge is 2.15. The summed E-state index contributed by atoms with van der Waals surface area (Å²) < 4.78 is 0. The fourth-order valence-electron chi connectivity index (χ4n) is 1.20. The number of Topliss-reactive ketones (excluding diaryl/α,β-unsaturated/α-hetero) is 1. The van der Waals surface area contributed by atoms with Crippen LogP contribution in [0.4, 0.5) is 4.79 Å². The molecule has 0 unspecified atom stereocenters. The Hall–Kier alpha value is -1.99. The van der Waals surface area contributed by atoms with Gasteiger partial charge in [0.1, 0.15) is 0 Å². The minimum atomic E-state index is -1.22. The monoisotopic (exact) mass is 251 g/mol. The summed E-state index contributed by atoms with van der Waals surface area (Å²) in [5.41, 5.74) is 0.401. The van der Waals surface area contributed by atoms with Gasteiger partial charge >= 0.3 is 6.09 Å². The van der Waals surface area contributed by atoms with Crippen LogP contribution in [0.3, 0.4) is 0 Å². The van der Waals surface area contributed by atoms with Gasteiger partial charge in [-0.3, -0.25) is 9.69 Å². The predicted molar refractivity (Wildman–Crippen MR) is 64.2 cm³/mol. The van der Waals surface area contributed by atoms with Gasteiger partial charge in [0.15, 0.2) is 5.78 Å². The normalized spacial score (nSPS) is 9.41. The van der Waals surface area contributed by atoms with Crippen molar-refractivity contribution in [1.29, 1.82) is 0 Å². The smallest absolute Gasteiger partial charge is 0.408 e. The molecule has 0 aromatic heterocycles. The summed E-state index contributed by atoms with van der Waals surface area (Å²) in [4.78, 5) is 23.4. The van der Waals surface area contributed by atoms with Crippen LogP contribution in [0, 0.1) is 12.3 Å². The van der Waals surface area contributed by atoms with Crippen LogP contribution in [0.5, 0.6) is 0 Å². The molecule has 88 valence electrons. The second-order valence-electron chi connectivity index (χ2n) is 3.27. The Bertz CT molecular complexity index is 462. The summed E-state index contributed by atoms with van der Waals surface area (Å²) in [5.74, 6) is 1.87. The van der Waals surface area contributed by atoms with Crippen LogP contribution in [0.25, 0.3) is 0 Å². The third-order valence-electron chi connectivity index (χ3n) is 2.05. The van der Waals surface area contributed by atoms with Crippen LogP contribution in [0.2, 0.25) is 5.02 Å². The standard InChI is InChI=1S/C12H10ClNO3/c1-2-7-14(12(16)17)8-11(15)9-3-5-10(13)6-4-9/h1,3-6H,7-8H2,(H,16,17). The Labute approximate surface area is 104 Å². The number of ketones is 1. The van der Waals surface area contributed by atoms with Crippen molar-refractivity contribution in [2.45, 2.75) is 0 Å². The molecule has 0 aliphatic rings. The van der Waals surface area contributed by atoms with E-state index in [-0.39, 0.29) is 18.9 Å². The molecule has 1 rings (SSSR count). The summed E-state index contributed by atoms with van der Waals surface area (Å²) in [5, 5.41) is 9.32. The molecule has 0 saturated heterocycles. The molecule has 17 heavy (non-hydrogen) atoms. The van der Waals surface area contributed by atoms with Crippen molar-refractivity contribution in [3.63, 3.8) is 0 Å². The van der Waals surface area contributed by atoms with Gasteiger partial charge in [-0.15, -0.1) is 6.42 Å². The van der Waals surface area contributed by atoms with Gasteiger partial charge < -0.3 is 5.11 Å². The van der Waals surface area contributed by atoms with E-state index in [2.05, 4.69) is 5.92 Å². The SMILES string of the molecule is C#CCN(CC(=O)c1ccc(Cl)cc1)C(=O)O. The maximum absolute atomic E-state index is 11.7. The molecule has 0 saturated carbocycles. The van der Waals surface area contributed by atoms with Gasteiger partial charge in [-0.1, -0.05) is 17.5 Å². The van der Waals surface area contributed by atoms with Gasteiger partial charge in [-0.05, 0) is 24.3 Å². The zero-order valence-electron chi connectivity index (χ0n) is 8.89. The minimum Gasteiger partial charge on any atom is -0.465 e. The van der Waals surface area contributed by atoms with E-state index in [1.807, 2.05) is 0 Å². The summed E-state index contributed by atoms with van der Waals surface area (Å²) >= 11 is 5.68. The van der Waals surface area contributed by atoms with Crippen molar-refractivity contribution in [1.82, 2.24) is 4.90 Å². The van der Waals surface area contributed by atoms with Crippen molar-refractivity contribution < 1.29 is 14.7 Å². The first-order valence-corrected chi connectivity index (χ1v) is 5.12. The van der Waals surface area contributed by atoms with E-state index < -0.39 is 6.09 Å². The van der Waals surface area contributed by atoms with Crippen molar-refractivity contribution in [3.05, 3.63) is 34.9 Å². The number of hydrogen-bond donors (Lipinski definition) is 1. The number of halogens is 1. The highest BCUT2D eigenvalue weighted by Crippen LogP contribution is 2.10. The Morgan fingerprint density at radius 2 is 1.94 bits per heavy atom. The Kier molecular flexibility index (Phi) is 4.56. The number of terminal acetylenes is 1. The first kappa shape index (κ1) is 13.1. The van der Waals surface area contributed by atoms with Crippen LogP contribution in [0.15, 0.2) is 24.3 Å². The number of carboxylic acid groups (broad SMARTS) is 1. The molecule has 1 aromatic rings. The average Bonchev–Trinajstić information content (AvgIpc) is 2.29. The quantitative estimate of drug-likeness (QED) is 0.659. The lowest BCUT2D eigenvalue weighted by Gasteiger charge is -2.14. The number of rotatable bonds is 4. The summed E-state index contributed by atoms with van der Waals surface area (Å²) in [6.45, 7) is -0.379. The van der Waals surface area contributed by atoms with E-state index in [4.69, 9.17) is 23.1 Å². The van der Waals surface area contributed by atoms with E-state index in [1.54, 1.807) is 24.3 Å². The highest BCUT2D eigenvalue weighted by atomic mass is 35.5. The largest absolute Gasteiger partial charge is 0.465 e. The Morgan fingerprint density at radius 1 is 1.35 bits per heavy atom. The third-order valence-corrected chi connectivity index (χ3v) is 2.31. The van der Waals surface area contributed by atoms with Gasteiger partial charge in [-0.25, -0.2) is 4.79 Å². The number of carbonyl (C=O) groups excluding carboxylic acids is 1. The molecule has 0 radical (unpaired) electrons. The van der Waals surface area contributed by atoms with Crippen LogP contribution in [0.1, 0.15) is 10.4 Å². The van der Waals surface area contributed by atoms with E-state index in [0.29, 0.717) is 10.6 Å². The molecule has 0 spiro atoms. The van der Waals surface area contributed by atoms with Crippen LogP contribution in [-0.2, 0) is 0 Å². The van der Waals surface area contributed by atoms with Gasteiger partial charge in [0.2, 0.25) is 0 Å². The summed E-state index contributed by atoms with van der Waals surface area (Å²) in [6, 6.07) is 6.23. The Balaban J connectivity index is 2.74. The summed E-state index contributed by atoms with van der Waals surface area (Å²) in [6.07, 6.45) is 3.80. The van der Waals surface area contributed by atoms with Crippen LogP contribution in [-0.4, -0.2) is 35.0 Å². The van der Waals surface area contributed by atoms with Gasteiger partial charge in [0.05, 0.1) is 13.1 Å². The molecule has 4 nitrogen and oxygen atoms in total. The fraction of sp³-hybridized carbons (Fsp3) is 0.167. The lowest BCUT2D eigenvalue weighted by atomic mass is 10.1. The predicted octanol–water partition coefficient (Wildman–Crippen LogP) is 2.14. The first-order valence-electron chi connectivity index (χ1n) is 4.74. The van der Waals surface area contributed by atoms with Gasteiger partial charge in [-0.2, -0.15) is 0 Å². The zero-order valence-corrected chi connectivity index (χ0v) is 9.65. The number of hydrogen-bond acceptors (Lipinski definition) is 2. The number of benzene rings is 1. The molecule has 5 heteroatoms. The number of amides is 1. The molecule has 0 atom stereocenters. The van der Waals surface area contributed by atoms with Crippen LogP contribution >= 0.6 is 11.6 Å². The summed E-state index contributed by atoms with van der Waals surface area (Å²) in [7, 11) is 0. The van der Waals surface area contributed by atoms with Crippen molar-refractivity contribution in [3.8, 4) is 12.3 Å². The number of nitrogens with zero attached hydrogens (tertiary/aromatic N) is 1. The zero-order chi connectivity index (χ0) is 12.8. The first-order chi connectivity index (χ1) is 8.04. The maximum atomic E-state index is 11.7. The minimum absolute atomic E-state index is 0.116. The lowest BCUT2D eigenvalue weighted by molar-refractivity contribution is 0.0920. The lowest BCUT2D eigenvalue weighted by Crippen LogP contribution is -2.34. The second kappa shape index (κ2) is 5.92. The van der Waals surface area contributed by atoms with Crippen molar-refractivity contribution in [2.75, 3.05) is 13.1 Å². The molecular formula is C12H10ClNO3. The van der Waals surface area contributed by atoms with Crippen LogP contribution < -0.4 is 0 Å². The molecule has 0 fully saturated rings. The molecule has 1 amide bonds. The second-order valence-corrected chi connectivity index (χ2v) is 3.71.